The first-order chi connectivity index (χ1) is 25.0. The van der Waals surface area contributed by atoms with Crippen molar-refractivity contribution in [3.63, 3.8) is 0 Å². The molecule has 1 heteroatoms. The largest absolute Gasteiger partial charge is 0.135 e. The van der Waals surface area contributed by atoms with Crippen molar-refractivity contribution in [2.75, 3.05) is 0 Å². The standard InChI is InChI=1S/C50H34S/c1-29-19-23-32(24-20-29)45-33-11-4-6-13-35(33)46(36-14-7-5-12-34(36)45)38-16-10-18-43-47(38)37-15-8-9-17-41(37)50(43)42-25-21-30(2)27-39(42)49-48(50)40-28-31(3)22-26-44(40)51-49/h4-28H,1-3H3. The molecule has 2 aliphatic rings. The van der Waals surface area contributed by atoms with Gasteiger partial charge in [0.15, 0.2) is 0 Å². The smallest absolute Gasteiger partial charge is 0.0740 e. The number of benzene rings is 8. The van der Waals surface area contributed by atoms with Crippen LogP contribution >= 0.6 is 11.3 Å². The van der Waals surface area contributed by atoms with Crippen molar-refractivity contribution in [3.05, 3.63) is 191 Å². The molecule has 1 spiro atoms. The van der Waals surface area contributed by atoms with Gasteiger partial charge in [-0.25, -0.2) is 0 Å². The quantitative estimate of drug-likeness (QED) is 0.161. The molecule has 2 aliphatic carbocycles. The minimum Gasteiger partial charge on any atom is -0.135 e. The van der Waals surface area contributed by atoms with Crippen LogP contribution in [0, 0.1) is 20.8 Å². The first-order valence-corrected chi connectivity index (χ1v) is 18.7. The highest BCUT2D eigenvalue weighted by atomic mass is 32.1. The molecule has 0 fully saturated rings. The number of hydrogen-bond donors (Lipinski definition) is 0. The highest BCUT2D eigenvalue weighted by Crippen LogP contribution is 2.67. The zero-order chi connectivity index (χ0) is 34.0. The fourth-order valence-corrected chi connectivity index (χ4v) is 10.9. The maximum Gasteiger partial charge on any atom is 0.0740 e. The number of thiophene rings is 1. The van der Waals surface area contributed by atoms with E-state index in [2.05, 4.69) is 172 Å². The van der Waals surface area contributed by atoms with Crippen molar-refractivity contribution in [1.82, 2.24) is 0 Å². The Kier molecular flexibility index (Phi) is 5.91. The second-order valence-electron chi connectivity index (χ2n) is 14.6. The van der Waals surface area contributed by atoms with E-state index in [0.29, 0.717) is 0 Å². The highest BCUT2D eigenvalue weighted by molar-refractivity contribution is 7.22. The van der Waals surface area contributed by atoms with Crippen LogP contribution in [-0.4, -0.2) is 0 Å². The fraction of sp³-hybridized carbons (Fsp3) is 0.0800. The molecule has 0 saturated heterocycles. The Morgan fingerprint density at radius 2 is 0.961 bits per heavy atom. The molecular weight excluding hydrogens is 633 g/mol. The summed E-state index contributed by atoms with van der Waals surface area (Å²) < 4.78 is 1.36. The molecule has 0 saturated carbocycles. The van der Waals surface area contributed by atoms with Crippen LogP contribution in [0.2, 0.25) is 0 Å². The summed E-state index contributed by atoms with van der Waals surface area (Å²) in [6, 6.07) is 57.8. The Bertz CT molecular complexity index is 2880. The maximum absolute atomic E-state index is 2.43. The van der Waals surface area contributed by atoms with Gasteiger partial charge < -0.3 is 0 Å². The first-order valence-electron chi connectivity index (χ1n) is 17.9. The van der Waals surface area contributed by atoms with Gasteiger partial charge in [-0.3, -0.25) is 0 Å². The molecule has 1 atom stereocenters. The Balaban J connectivity index is 1.31. The molecule has 0 aliphatic heterocycles. The van der Waals surface area contributed by atoms with Crippen molar-refractivity contribution in [1.29, 1.82) is 0 Å². The molecule has 9 aromatic rings. The Hall–Kier alpha value is -5.76. The number of rotatable bonds is 2. The van der Waals surface area contributed by atoms with Crippen LogP contribution < -0.4 is 0 Å². The zero-order valence-electron chi connectivity index (χ0n) is 28.8. The Morgan fingerprint density at radius 3 is 1.71 bits per heavy atom. The summed E-state index contributed by atoms with van der Waals surface area (Å²) in [6.45, 7) is 6.62. The summed E-state index contributed by atoms with van der Waals surface area (Å²) in [6.07, 6.45) is 0. The van der Waals surface area contributed by atoms with Gasteiger partial charge in [-0.15, -0.1) is 11.3 Å². The SMILES string of the molecule is Cc1ccc(-c2c3ccccc3c(-c3cccc4c3-c3ccccc3C43c4ccc(C)cc4-c4sc5ccc(C)cc5c43)c3ccccc23)cc1. The molecule has 240 valence electrons. The lowest BCUT2D eigenvalue weighted by atomic mass is 9.69. The highest BCUT2D eigenvalue weighted by Gasteiger charge is 2.54. The van der Waals surface area contributed by atoms with Gasteiger partial charge >= 0.3 is 0 Å². The second-order valence-corrected chi connectivity index (χ2v) is 15.6. The maximum atomic E-state index is 2.43. The molecule has 0 radical (unpaired) electrons. The van der Waals surface area contributed by atoms with Crippen molar-refractivity contribution in [3.8, 4) is 43.8 Å². The average molecular weight is 667 g/mol. The van der Waals surface area contributed by atoms with E-state index in [-0.39, 0.29) is 0 Å². The fourth-order valence-electron chi connectivity index (χ4n) is 9.63. The molecule has 1 aromatic heterocycles. The van der Waals surface area contributed by atoms with E-state index >= 15 is 0 Å². The van der Waals surface area contributed by atoms with Crippen LogP contribution in [0.15, 0.2) is 152 Å². The number of aryl methyl sites for hydroxylation is 3. The van der Waals surface area contributed by atoms with Crippen molar-refractivity contribution in [2.24, 2.45) is 0 Å². The molecule has 11 rings (SSSR count). The predicted octanol–water partition coefficient (Wildman–Crippen LogP) is 13.8. The zero-order valence-corrected chi connectivity index (χ0v) is 29.7. The van der Waals surface area contributed by atoms with Gasteiger partial charge in [-0.1, -0.05) is 162 Å². The Morgan fingerprint density at radius 1 is 0.392 bits per heavy atom. The minimum absolute atomic E-state index is 0.403. The van der Waals surface area contributed by atoms with Gasteiger partial charge in [0.1, 0.15) is 0 Å². The number of fused-ring (bicyclic) bond motifs is 14. The average Bonchev–Trinajstić information content (AvgIpc) is 3.77. The van der Waals surface area contributed by atoms with E-state index in [0.717, 1.165) is 0 Å². The molecule has 51 heavy (non-hydrogen) atoms. The summed E-state index contributed by atoms with van der Waals surface area (Å²) in [4.78, 5) is 1.42. The lowest BCUT2D eigenvalue weighted by Gasteiger charge is -2.31. The van der Waals surface area contributed by atoms with E-state index in [1.165, 1.54) is 114 Å². The molecular formula is C50H34S. The van der Waals surface area contributed by atoms with E-state index in [9.17, 15) is 0 Å². The molecule has 1 heterocycles. The summed E-state index contributed by atoms with van der Waals surface area (Å²) in [5.41, 5.74) is 18.4. The predicted molar refractivity (Wildman–Crippen MR) is 218 cm³/mol. The van der Waals surface area contributed by atoms with Crippen LogP contribution in [0.5, 0.6) is 0 Å². The third-order valence-corrected chi connectivity index (χ3v) is 12.9. The molecule has 0 nitrogen and oxygen atoms in total. The third kappa shape index (κ3) is 3.74. The Labute approximate surface area is 302 Å². The van der Waals surface area contributed by atoms with Gasteiger partial charge in [0.25, 0.3) is 0 Å². The second kappa shape index (κ2) is 10.4. The van der Waals surface area contributed by atoms with E-state index in [1.807, 2.05) is 11.3 Å². The van der Waals surface area contributed by atoms with Gasteiger partial charge in [0.2, 0.25) is 0 Å². The summed E-state index contributed by atoms with van der Waals surface area (Å²) in [5.74, 6) is 0. The van der Waals surface area contributed by atoms with Crippen LogP contribution in [0.4, 0.5) is 0 Å². The lowest BCUT2D eigenvalue weighted by molar-refractivity contribution is 0.802. The molecule has 0 bridgehead atoms. The first kappa shape index (κ1) is 29.0. The van der Waals surface area contributed by atoms with Crippen LogP contribution in [0.3, 0.4) is 0 Å². The van der Waals surface area contributed by atoms with Crippen molar-refractivity contribution in [2.45, 2.75) is 26.2 Å². The van der Waals surface area contributed by atoms with Gasteiger partial charge in [0.05, 0.1) is 5.41 Å². The van der Waals surface area contributed by atoms with Gasteiger partial charge in [0, 0.05) is 9.58 Å². The van der Waals surface area contributed by atoms with Crippen LogP contribution in [0.25, 0.3) is 75.5 Å². The number of hydrogen-bond acceptors (Lipinski definition) is 1. The van der Waals surface area contributed by atoms with E-state index < -0.39 is 5.41 Å². The normalized spacial score (nSPS) is 15.4. The summed E-state index contributed by atoms with van der Waals surface area (Å²) >= 11 is 1.96. The monoisotopic (exact) mass is 666 g/mol. The van der Waals surface area contributed by atoms with Crippen LogP contribution in [-0.2, 0) is 5.41 Å². The van der Waals surface area contributed by atoms with Crippen molar-refractivity contribution >= 4 is 43.0 Å². The molecule has 8 aromatic carbocycles. The van der Waals surface area contributed by atoms with Crippen molar-refractivity contribution < 1.29 is 0 Å². The van der Waals surface area contributed by atoms with Crippen LogP contribution in [0.1, 0.15) is 38.9 Å². The molecule has 1 unspecified atom stereocenters. The third-order valence-electron chi connectivity index (χ3n) is 11.7. The lowest BCUT2D eigenvalue weighted by Crippen LogP contribution is -2.25. The van der Waals surface area contributed by atoms with E-state index in [4.69, 9.17) is 0 Å². The van der Waals surface area contributed by atoms with E-state index in [1.54, 1.807) is 0 Å². The molecule has 0 N–H and O–H groups in total. The van der Waals surface area contributed by atoms with Gasteiger partial charge in [-0.2, -0.15) is 0 Å². The van der Waals surface area contributed by atoms with Gasteiger partial charge in [-0.05, 0) is 115 Å². The molecule has 0 amide bonds. The summed E-state index contributed by atoms with van der Waals surface area (Å²) in [7, 11) is 0. The topological polar surface area (TPSA) is 0 Å². The summed E-state index contributed by atoms with van der Waals surface area (Å²) in [5, 5.41) is 6.54. The minimum atomic E-state index is -0.403.